The van der Waals surface area contributed by atoms with Crippen molar-refractivity contribution in [3.63, 3.8) is 0 Å². The zero-order valence-electron chi connectivity index (χ0n) is 63.8. The first kappa shape index (κ1) is 83.2. The molecule has 0 fully saturated rings. The van der Waals surface area contributed by atoms with Gasteiger partial charge in [0, 0.05) is 44.4 Å². The van der Waals surface area contributed by atoms with E-state index in [0.717, 1.165) is 16.7 Å². The van der Waals surface area contributed by atoms with Crippen molar-refractivity contribution < 1.29 is 62.1 Å². The van der Waals surface area contributed by atoms with Gasteiger partial charge < -0.3 is 70.6 Å². The van der Waals surface area contributed by atoms with E-state index in [1.165, 1.54) is 7.11 Å². The summed E-state index contributed by atoms with van der Waals surface area (Å²) < 4.78 is 26.8. The second-order valence-corrected chi connectivity index (χ2v) is 30.2. The van der Waals surface area contributed by atoms with E-state index in [1.807, 2.05) is 102 Å². The Morgan fingerprint density at radius 3 is 1.26 bits per heavy atom. The number of hydrogen-bond donors (Lipinski definition) is 8. The molecule has 0 saturated carbocycles. The lowest BCUT2D eigenvalue weighted by Gasteiger charge is -2.37. The third-order valence-corrected chi connectivity index (χ3v) is 17.5. The number of nitrogens with zero attached hydrogens (tertiary/aromatic N) is 4. The third-order valence-electron chi connectivity index (χ3n) is 17.5. The molecule has 564 valence electrons. The van der Waals surface area contributed by atoms with Crippen molar-refractivity contribution >= 4 is 53.4 Å². The van der Waals surface area contributed by atoms with E-state index < -0.39 is 148 Å². The molecular formula is C79H110N12O13. The number of alkyl carbamates (subject to hydrolysis) is 1. The SMILES string of the molecule is CC[C@H](C)[C@H](NC(=O)[C@@H](NC(=O)[C@H](NC(=O)[C@@H](Cc1ccccc1)NC(=O)[C@H](Cc1cn(C(c2ccccc2)(c2ccccc2)c2ccccc2)cn1)NC(=O)[C@H](NC(=O)[C@@H](NC(=O)[C@H](Cc1cncn1C)NC(=O)OC(C)(C)C)[C@@H](C)OC(C)(C)C)C(C)C)C(C)C)[C@@H](C)OC(C)(C)C)C(=O)OC. The lowest BCUT2D eigenvalue weighted by Crippen LogP contribution is -2.63. The van der Waals surface area contributed by atoms with E-state index in [4.69, 9.17) is 23.9 Å². The highest BCUT2D eigenvalue weighted by Crippen LogP contribution is 2.41. The van der Waals surface area contributed by atoms with Gasteiger partial charge in [-0.25, -0.2) is 19.6 Å². The number of ether oxygens (including phenoxy) is 4. The maximum Gasteiger partial charge on any atom is 0.408 e. The maximum atomic E-state index is 15.8. The summed E-state index contributed by atoms with van der Waals surface area (Å²) in [5, 5.41) is 22.6. The molecule has 4 aromatic carbocycles. The van der Waals surface area contributed by atoms with Crippen LogP contribution in [0.5, 0.6) is 0 Å². The summed E-state index contributed by atoms with van der Waals surface area (Å²) in [5.74, 6) is -7.98. The van der Waals surface area contributed by atoms with Crippen LogP contribution in [0.3, 0.4) is 0 Å². The Bertz CT molecular complexity index is 3710. The van der Waals surface area contributed by atoms with Gasteiger partial charge in [0.15, 0.2) is 0 Å². The Kier molecular flexibility index (Phi) is 29.7. The highest BCUT2D eigenvalue weighted by Gasteiger charge is 2.43. The van der Waals surface area contributed by atoms with Crippen LogP contribution in [0, 0.1) is 17.8 Å². The minimum Gasteiger partial charge on any atom is -0.467 e. The largest absolute Gasteiger partial charge is 0.467 e. The number of amides is 8. The van der Waals surface area contributed by atoms with Crippen molar-refractivity contribution in [1.82, 2.24) is 61.6 Å². The number of esters is 1. The predicted octanol–water partition coefficient (Wildman–Crippen LogP) is 7.71. The molecule has 6 aromatic rings. The number of benzene rings is 4. The number of methoxy groups -OCH3 is 1. The molecule has 0 spiro atoms. The van der Waals surface area contributed by atoms with Crippen LogP contribution in [0.1, 0.15) is 158 Å². The molecule has 2 heterocycles. The van der Waals surface area contributed by atoms with Crippen LogP contribution < -0.4 is 42.5 Å². The standard InChI is InChI=1S/C79H110N12O13/c1-20-50(6)64(74(99)101-19)87-73(98)66(52(8)103-77(12,13)14)89-71(96)63(49(4)5)85-68(93)59(41-53-33-25-21-26-34-53)82-67(92)60(42-57-45-91(47-81-57)79(54-35-27-22-28-36-54,55-37-29-23-30-38-55)56-39-31-24-32-40-56)83-70(95)62(48(2)3)86-72(97)65(51(7)102-76(9,10)11)88-69(94)61(43-58-44-80-46-90(58)18)84-75(100)104-78(15,16)17/h21-40,44-52,59-66H,20,41-43H2,1-19H3,(H,82,92)(H,83,95)(H,84,100)(H,85,93)(H,86,97)(H,87,98)(H,88,94)(H,89,96)/t50-,51+,52+,59+,60-,61-,62+,63+,64-,65-,66-/m0/s1. The van der Waals surface area contributed by atoms with Gasteiger partial charge in [-0.15, -0.1) is 0 Å². The Hall–Kier alpha value is -9.75. The topological polar surface area (TPSA) is 322 Å². The van der Waals surface area contributed by atoms with E-state index in [1.54, 1.807) is 178 Å². The van der Waals surface area contributed by atoms with Crippen molar-refractivity contribution in [2.75, 3.05) is 7.11 Å². The summed E-state index contributed by atoms with van der Waals surface area (Å²) in [4.78, 5) is 141. The van der Waals surface area contributed by atoms with Crippen molar-refractivity contribution in [1.29, 1.82) is 0 Å². The zero-order valence-corrected chi connectivity index (χ0v) is 63.8. The number of carbonyl (C=O) groups excluding carboxylic acids is 9. The maximum absolute atomic E-state index is 15.8. The number of aryl methyl sites for hydroxylation is 1. The molecule has 25 heteroatoms. The van der Waals surface area contributed by atoms with Gasteiger partial charge in [0.25, 0.3) is 0 Å². The summed E-state index contributed by atoms with van der Waals surface area (Å²) in [5.41, 5.74) is 0.499. The molecule has 0 bridgehead atoms. The van der Waals surface area contributed by atoms with E-state index in [9.17, 15) is 24.0 Å². The first-order valence-corrected chi connectivity index (χ1v) is 35.6. The van der Waals surface area contributed by atoms with Gasteiger partial charge >= 0.3 is 12.1 Å². The number of hydrogen-bond acceptors (Lipinski definition) is 15. The summed E-state index contributed by atoms with van der Waals surface area (Å²) >= 11 is 0. The predicted molar refractivity (Wildman–Crippen MR) is 396 cm³/mol. The molecule has 104 heavy (non-hydrogen) atoms. The average Bonchev–Trinajstić information content (AvgIpc) is 1.28. The molecule has 6 rings (SSSR count). The summed E-state index contributed by atoms with van der Waals surface area (Å²) in [6, 6.07) is 27.4. The molecule has 0 aliphatic heterocycles. The number of imidazole rings is 2. The van der Waals surface area contributed by atoms with E-state index in [-0.39, 0.29) is 25.2 Å². The van der Waals surface area contributed by atoms with Crippen LogP contribution in [-0.2, 0) is 89.2 Å². The molecule has 0 unspecified atom stereocenters. The summed E-state index contributed by atoms with van der Waals surface area (Å²) in [6.45, 7) is 29.3. The Morgan fingerprint density at radius 1 is 0.452 bits per heavy atom. The minimum absolute atomic E-state index is 0.0656. The Labute approximate surface area is 612 Å². The number of carbonyl (C=O) groups is 9. The van der Waals surface area contributed by atoms with Gasteiger partial charge in [-0.3, -0.25) is 33.6 Å². The van der Waals surface area contributed by atoms with Gasteiger partial charge in [-0.05, 0) is 116 Å². The van der Waals surface area contributed by atoms with Gasteiger partial charge in [0.1, 0.15) is 59.5 Å². The lowest BCUT2D eigenvalue weighted by molar-refractivity contribution is -0.149. The second-order valence-electron chi connectivity index (χ2n) is 30.2. The number of aromatic nitrogens is 4. The fourth-order valence-electron chi connectivity index (χ4n) is 12.2. The number of nitrogens with one attached hydrogen (secondary N) is 8. The summed E-state index contributed by atoms with van der Waals surface area (Å²) in [6.07, 6.45) is 3.64. The molecule has 0 radical (unpaired) electrons. The van der Waals surface area contributed by atoms with E-state index >= 15 is 19.2 Å². The third kappa shape index (κ3) is 23.6. The second kappa shape index (κ2) is 37.1. The Balaban J connectivity index is 1.43. The first-order valence-electron chi connectivity index (χ1n) is 35.6. The first-order chi connectivity index (χ1) is 48.8. The van der Waals surface area contributed by atoms with Crippen LogP contribution in [-0.4, -0.2) is 157 Å². The molecule has 8 amide bonds. The molecule has 11 atom stereocenters. The van der Waals surface area contributed by atoms with Crippen molar-refractivity contribution in [3.8, 4) is 0 Å². The highest BCUT2D eigenvalue weighted by molar-refractivity contribution is 5.98. The molecule has 2 aromatic heterocycles. The normalized spacial score (nSPS) is 15.2. The Morgan fingerprint density at radius 2 is 0.837 bits per heavy atom. The smallest absolute Gasteiger partial charge is 0.408 e. The fourth-order valence-corrected chi connectivity index (χ4v) is 12.2. The average molecular weight is 1440 g/mol. The summed E-state index contributed by atoms with van der Waals surface area (Å²) in [7, 11) is 2.94. The van der Waals surface area contributed by atoms with Crippen LogP contribution in [0.25, 0.3) is 0 Å². The molecule has 0 aliphatic carbocycles. The van der Waals surface area contributed by atoms with Crippen LogP contribution >= 0.6 is 0 Å². The van der Waals surface area contributed by atoms with E-state index in [0.29, 0.717) is 23.4 Å². The highest BCUT2D eigenvalue weighted by atomic mass is 16.6. The molecule has 0 saturated heterocycles. The molecular weight excluding hydrogens is 1320 g/mol. The molecule has 8 N–H and O–H groups in total. The van der Waals surface area contributed by atoms with Crippen molar-refractivity contribution in [2.24, 2.45) is 24.8 Å². The van der Waals surface area contributed by atoms with Gasteiger partial charge in [-0.1, -0.05) is 169 Å². The van der Waals surface area contributed by atoms with Crippen molar-refractivity contribution in [3.05, 3.63) is 180 Å². The van der Waals surface area contributed by atoms with Crippen LogP contribution in [0.4, 0.5) is 4.79 Å². The lowest BCUT2D eigenvalue weighted by atomic mass is 9.77. The van der Waals surface area contributed by atoms with Gasteiger partial charge in [0.2, 0.25) is 41.4 Å². The quantitative estimate of drug-likeness (QED) is 0.0142. The van der Waals surface area contributed by atoms with Gasteiger partial charge in [-0.2, -0.15) is 0 Å². The minimum atomic E-state index is -1.56. The van der Waals surface area contributed by atoms with Crippen LogP contribution in [0.2, 0.25) is 0 Å². The number of rotatable bonds is 34. The monoisotopic (exact) mass is 1430 g/mol. The van der Waals surface area contributed by atoms with Crippen molar-refractivity contribution in [2.45, 2.75) is 226 Å². The molecule has 25 nitrogen and oxygen atoms in total. The van der Waals surface area contributed by atoms with E-state index in [2.05, 4.69) is 47.5 Å². The molecule has 0 aliphatic rings. The van der Waals surface area contributed by atoms with Gasteiger partial charge in [0.05, 0.1) is 48.9 Å². The fraction of sp³-hybridized carbons (Fsp3) is 0.506. The van der Waals surface area contributed by atoms with Crippen LogP contribution in [0.15, 0.2) is 146 Å². The zero-order chi connectivity index (χ0) is 77.0.